The quantitative estimate of drug-likeness (QED) is 0.644. The summed E-state index contributed by atoms with van der Waals surface area (Å²) >= 11 is 0. The fraction of sp³-hybridized carbons (Fsp3) is 0.267. The van der Waals surface area contributed by atoms with Gasteiger partial charge in [0, 0.05) is 23.9 Å². The van der Waals surface area contributed by atoms with Crippen molar-refractivity contribution >= 4 is 23.5 Å². The molecule has 110 valence electrons. The van der Waals surface area contributed by atoms with Crippen LogP contribution in [0.2, 0.25) is 0 Å². The Morgan fingerprint density at radius 3 is 2.90 bits per heavy atom. The van der Waals surface area contributed by atoms with Gasteiger partial charge in [-0.05, 0) is 30.7 Å². The molecule has 1 heterocycles. The Labute approximate surface area is 122 Å². The van der Waals surface area contributed by atoms with E-state index < -0.39 is 5.97 Å². The van der Waals surface area contributed by atoms with Gasteiger partial charge in [-0.2, -0.15) is 0 Å². The van der Waals surface area contributed by atoms with Crippen molar-refractivity contribution in [3.05, 3.63) is 41.5 Å². The molecule has 0 saturated carbocycles. The van der Waals surface area contributed by atoms with Gasteiger partial charge in [-0.1, -0.05) is 6.08 Å². The van der Waals surface area contributed by atoms with Gasteiger partial charge in [-0.15, -0.1) is 0 Å². The third kappa shape index (κ3) is 3.28. The minimum absolute atomic E-state index is 0.0661. The second kappa shape index (κ2) is 6.21. The normalized spacial score (nSPS) is 16.5. The first kappa shape index (κ1) is 14.8. The molecule has 0 bridgehead atoms. The Balaban J connectivity index is 2.00. The Hall–Kier alpha value is -2.63. The van der Waals surface area contributed by atoms with Crippen LogP contribution in [-0.4, -0.2) is 31.4 Å². The number of nitrogens with one attached hydrogen (secondary N) is 2. The predicted octanol–water partition coefficient (Wildman–Crippen LogP) is 1.20. The lowest BCUT2D eigenvalue weighted by atomic mass is 10.0. The fourth-order valence-corrected chi connectivity index (χ4v) is 2.04. The first-order chi connectivity index (χ1) is 10.0. The molecule has 6 nitrogen and oxygen atoms in total. The van der Waals surface area contributed by atoms with E-state index in [1.807, 2.05) is 0 Å². The van der Waals surface area contributed by atoms with Crippen molar-refractivity contribution in [1.29, 1.82) is 0 Å². The van der Waals surface area contributed by atoms with Gasteiger partial charge in [0.25, 0.3) is 5.91 Å². The minimum Gasteiger partial charge on any atom is -0.466 e. The second-order valence-corrected chi connectivity index (χ2v) is 4.65. The van der Waals surface area contributed by atoms with E-state index in [0.29, 0.717) is 5.56 Å². The summed E-state index contributed by atoms with van der Waals surface area (Å²) in [6, 6.07) is 5.07. The highest BCUT2D eigenvalue weighted by Crippen LogP contribution is 2.32. The molecule has 0 fully saturated rings. The number of hydrogen-bond acceptors (Lipinski definition) is 4. The molecule has 1 aliphatic heterocycles. The van der Waals surface area contributed by atoms with Crippen LogP contribution in [0.5, 0.6) is 0 Å². The Morgan fingerprint density at radius 1 is 1.43 bits per heavy atom. The van der Waals surface area contributed by atoms with E-state index >= 15 is 0 Å². The van der Waals surface area contributed by atoms with Crippen LogP contribution in [0.1, 0.15) is 28.8 Å². The lowest BCUT2D eigenvalue weighted by molar-refractivity contribution is -0.134. The summed E-state index contributed by atoms with van der Waals surface area (Å²) in [6.45, 7) is 2.01. The Bertz CT molecular complexity index is 622. The molecule has 0 saturated heterocycles. The van der Waals surface area contributed by atoms with Crippen molar-refractivity contribution in [2.45, 2.75) is 12.8 Å². The summed E-state index contributed by atoms with van der Waals surface area (Å²) < 4.78 is 4.44. The average molecular weight is 288 g/mol. The van der Waals surface area contributed by atoms with Crippen molar-refractivity contribution in [2.75, 3.05) is 19.0 Å². The number of amides is 2. The summed E-state index contributed by atoms with van der Waals surface area (Å²) in [6.07, 6.45) is 2.75. The smallest absolute Gasteiger partial charge is 0.330 e. The van der Waals surface area contributed by atoms with Crippen LogP contribution in [0, 0.1) is 0 Å². The largest absolute Gasteiger partial charge is 0.466 e. The zero-order chi connectivity index (χ0) is 15.4. The molecule has 0 radical (unpaired) electrons. The van der Waals surface area contributed by atoms with Gasteiger partial charge in [0.15, 0.2) is 0 Å². The van der Waals surface area contributed by atoms with Gasteiger partial charge in [0.05, 0.1) is 13.0 Å². The molecule has 1 aromatic rings. The van der Waals surface area contributed by atoms with Crippen LogP contribution >= 0.6 is 0 Å². The highest BCUT2D eigenvalue weighted by molar-refractivity contribution is 6.04. The lowest BCUT2D eigenvalue weighted by Gasteiger charge is -2.06. The zero-order valence-electron chi connectivity index (χ0n) is 11.8. The van der Waals surface area contributed by atoms with Crippen LogP contribution < -0.4 is 10.6 Å². The molecule has 1 aromatic carbocycles. The van der Waals surface area contributed by atoms with E-state index in [-0.39, 0.29) is 24.3 Å². The predicted molar refractivity (Wildman–Crippen MR) is 77.0 cm³/mol. The molecule has 0 spiro atoms. The molecule has 21 heavy (non-hydrogen) atoms. The number of esters is 1. The van der Waals surface area contributed by atoms with E-state index in [0.717, 1.165) is 11.3 Å². The average Bonchev–Trinajstić information content (AvgIpc) is 2.77. The van der Waals surface area contributed by atoms with Gasteiger partial charge in [0.1, 0.15) is 0 Å². The van der Waals surface area contributed by atoms with Crippen molar-refractivity contribution < 1.29 is 19.1 Å². The van der Waals surface area contributed by atoms with Gasteiger partial charge < -0.3 is 15.4 Å². The highest BCUT2D eigenvalue weighted by atomic mass is 16.5. The number of hydrogen-bond donors (Lipinski definition) is 2. The third-order valence-electron chi connectivity index (χ3n) is 3.27. The fourth-order valence-electron chi connectivity index (χ4n) is 2.04. The number of benzene rings is 1. The highest BCUT2D eigenvalue weighted by Gasteiger charge is 2.27. The Kier molecular flexibility index (Phi) is 4.37. The zero-order valence-corrected chi connectivity index (χ0v) is 11.8. The van der Waals surface area contributed by atoms with Gasteiger partial charge in [-0.3, -0.25) is 9.59 Å². The van der Waals surface area contributed by atoms with E-state index in [1.165, 1.54) is 19.3 Å². The number of carbonyl (C=O) groups is 3. The summed E-state index contributed by atoms with van der Waals surface area (Å²) in [5, 5.41) is 5.41. The first-order valence-corrected chi connectivity index (χ1v) is 6.50. The first-order valence-electron chi connectivity index (χ1n) is 6.50. The molecule has 1 aliphatic rings. The van der Waals surface area contributed by atoms with Crippen LogP contribution in [0.4, 0.5) is 5.69 Å². The van der Waals surface area contributed by atoms with E-state index in [2.05, 4.69) is 15.4 Å². The SMILES string of the molecule is COC(=O)/C=C/CNC(=O)c1ccc2c(c1)C(C)C(=O)N2. The van der Waals surface area contributed by atoms with Crippen LogP contribution in [-0.2, 0) is 14.3 Å². The van der Waals surface area contributed by atoms with Crippen molar-refractivity contribution in [3.63, 3.8) is 0 Å². The van der Waals surface area contributed by atoms with Crippen LogP contribution in [0.25, 0.3) is 0 Å². The molecule has 2 amide bonds. The van der Waals surface area contributed by atoms with E-state index in [9.17, 15) is 14.4 Å². The van der Waals surface area contributed by atoms with Gasteiger partial charge >= 0.3 is 5.97 Å². The molecule has 1 unspecified atom stereocenters. The molecular weight excluding hydrogens is 272 g/mol. The molecule has 1 atom stereocenters. The van der Waals surface area contributed by atoms with Crippen molar-refractivity contribution in [3.8, 4) is 0 Å². The number of ether oxygens (including phenoxy) is 1. The number of carbonyl (C=O) groups excluding carboxylic acids is 3. The number of methoxy groups -OCH3 is 1. The summed E-state index contributed by atoms with van der Waals surface area (Å²) in [5.41, 5.74) is 2.04. The van der Waals surface area contributed by atoms with Gasteiger partial charge in [-0.25, -0.2) is 4.79 Å². The van der Waals surface area contributed by atoms with E-state index in [1.54, 1.807) is 25.1 Å². The van der Waals surface area contributed by atoms with Crippen molar-refractivity contribution in [2.24, 2.45) is 0 Å². The molecule has 0 aromatic heterocycles. The number of anilines is 1. The monoisotopic (exact) mass is 288 g/mol. The van der Waals surface area contributed by atoms with Crippen LogP contribution in [0.3, 0.4) is 0 Å². The summed E-state index contributed by atoms with van der Waals surface area (Å²) in [5.74, 6) is -1.06. The topological polar surface area (TPSA) is 84.5 Å². The third-order valence-corrected chi connectivity index (χ3v) is 3.27. The maximum absolute atomic E-state index is 12.0. The second-order valence-electron chi connectivity index (χ2n) is 4.65. The molecule has 0 aliphatic carbocycles. The summed E-state index contributed by atoms with van der Waals surface area (Å²) in [4.78, 5) is 34.4. The standard InChI is InChI=1S/C15H16N2O4/c1-9-11-8-10(5-6-12(11)17-14(9)19)15(20)16-7-3-4-13(18)21-2/h3-6,8-9H,7H2,1-2H3,(H,16,20)(H,17,19)/b4-3+. The van der Waals surface area contributed by atoms with Gasteiger partial charge in [0.2, 0.25) is 5.91 Å². The molecule has 2 rings (SSSR count). The van der Waals surface area contributed by atoms with Crippen molar-refractivity contribution in [1.82, 2.24) is 5.32 Å². The lowest BCUT2D eigenvalue weighted by Crippen LogP contribution is -2.23. The molecule has 2 N–H and O–H groups in total. The maximum Gasteiger partial charge on any atom is 0.330 e. The van der Waals surface area contributed by atoms with E-state index in [4.69, 9.17) is 0 Å². The Morgan fingerprint density at radius 2 is 2.19 bits per heavy atom. The number of fused-ring (bicyclic) bond motifs is 1. The maximum atomic E-state index is 12.0. The molecular formula is C15H16N2O4. The minimum atomic E-state index is -0.472. The number of rotatable bonds is 4. The van der Waals surface area contributed by atoms with Crippen LogP contribution in [0.15, 0.2) is 30.4 Å². The summed E-state index contributed by atoms with van der Waals surface area (Å²) in [7, 11) is 1.28. The molecule has 6 heteroatoms.